The van der Waals surface area contributed by atoms with Crippen LogP contribution in [0, 0.1) is 4.91 Å². The van der Waals surface area contributed by atoms with Crippen molar-refractivity contribution in [3.05, 3.63) is 59.1 Å². The Labute approximate surface area is 109 Å². The minimum atomic E-state index is -0.131. The maximum atomic E-state index is 11.1. The second-order valence-electron chi connectivity index (χ2n) is 4.13. The summed E-state index contributed by atoms with van der Waals surface area (Å²) in [6.45, 7) is -0.131. The van der Waals surface area contributed by atoms with Gasteiger partial charge in [0.2, 0.25) is 5.82 Å². The summed E-state index contributed by atoms with van der Waals surface area (Å²) in [6, 6.07) is 12.9. The summed E-state index contributed by atoms with van der Waals surface area (Å²) in [7, 11) is 0. The van der Waals surface area contributed by atoms with E-state index in [1.165, 1.54) is 0 Å². The van der Waals surface area contributed by atoms with E-state index in [0.717, 1.165) is 5.56 Å². The van der Waals surface area contributed by atoms with Crippen molar-refractivity contribution >= 4 is 11.5 Å². The van der Waals surface area contributed by atoms with Gasteiger partial charge in [-0.25, -0.2) is 4.98 Å². The average Bonchev–Trinajstić information content (AvgIpc) is 2.86. The van der Waals surface area contributed by atoms with Crippen LogP contribution in [0.2, 0.25) is 0 Å². The van der Waals surface area contributed by atoms with E-state index in [2.05, 4.69) is 10.2 Å². The van der Waals surface area contributed by atoms with Crippen LogP contribution in [-0.4, -0.2) is 14.5 Å². The standard InChI is InChI=1S/C14H11N3O2/c18-9-11-7-4-8-17-13(11)15-12(14(17)16-19)10-5-2-1-3-6-10/h1-8,18H,9H2. The minimum absolute atomic E-state index is 0.131. The van der Waals surface area contributed by atoms with Gasteiger partial charge >= 0.3 is 0 Å². The van der Waals surface area contributed by atoms with Gasteiger partial charge in [-0.05, 0) is 11.2 Å². The molecule has 0 aliphatic rings. The van der Waals surface area contributed by atoms with Crippen LogP contribution in [0.5, 0.6) is 0 Å². The largest absolute Gasteiger partial charge is 0.392 e. The third kappa shape index (κ3) is 1.80. The minimum Gasteiger partial charge on any atom is -0.392 e. The molecule has 0 radical (unpaired) electrons. The summed E-state index contributed by atoms with van der Waals surface area (Å²) in [6.07, 6.45) is 1.71. The Balaban J connectivity index is 2.34. The first-order chi connectivity index (χ1) is 9.35. The van der Waals surface area contributed by atoms with E-state index in [1.54, 1.807) is 22.7 Å². The molecule has 0 spiro atoms. The van der Waals surface area contributed by atoms with Gasteiger partial charge in [-0.1, -0.05) is 36.4 Å². The molecule has 0 saturated carbocycles. The lowest BCUT2D eigenvalue weighted by Gasteiger charge is -1.98. The van der Waals surface area contributed by atoms with Crippen LogP contribution in [0.3, 0.4) is 0 Å². The highest BCUT2D eigenvalue weighted by Crippen LogP contribution is 2.31. The number of fused-ring (bicyclic) bond motifs is 1. The topological polar surface area (TPSA) is 67.0 Å². The number of pyridine rings is 1. The van der Waals surface area contributed by atoms with E-state index >= 15 is 0 Å². The van der Waals surface area contributed by atoms with Gasteiger partial charge in [-0.15, -0.1) is 4.91 Å². The van der Waals surface area contributed by atoms with Gasteiger partial charge in [-0.3, -0.25) is 4.40 Å². The highest BCUT2D eigenvalue weighted by Gasteiger charge is 2.16. The summed E-state index contributed by atoms with van der Waals surface area (Å²) >= 11 is 0. The van der Waals surface area contributed by atoms with Gasteiger partial charge in [0.05, 0.1) is 6.61 Å². The number of aliphatic hydroxyl groups is 1. The average molecular weight is 253 g/mol. The van der Waals surface area contributed by atoms with E-state index in [4.69, 9.17) is 0 Å². The molecular weight excluding hydrogens is 242 g/mol. The van der Waals surface area contributed by atoms with Crippen molar-refractivity contribution in [3.63, 3.8) is 0 Å². The Morgan fingerprint density at radius 2 is 1.95 bits per heavy atom. The summed E-state index contributed by atoms with van der Waals surface area (Å²) in [5.74, 6) is 0.247. The maximum Gasteiger partial charge on any atom is 0.209 e. The van der Waals surface area contributed by atoms with Gasteiger partial charge in [0.1, 0.15) is 11.3 Å². The lowest BCUT2D eigenvalue weighted by molar-refractivity contribution is 0.282. The van der Waals surface area contributed by atoms with Crippen molar-refractivity contribution in [2.24, 2.45) is 5.18 Å². The van der Waals surface area contributed by atoms with Crippen molar-refractivity contribution in [1.82, 2.24) is 9.38 Å². The van der Waals surface area contributed by atoms with Gasteiger partial charge in [-0.2, -0.15) is 0 Å². The molecule has 0 atom stereocenters. The van der Waals surface area contributed by atoms with E-state index in [0.29, 0.717) is 16.9 Å². The quantitative estimate of drug-likeness (QED) is 0.730. The van der Waals surface area contributed by atoms with Crippen LogP contribution in [0.4, 0.5) is 5.82 Å². The lowest BCUT2D eigenvalue weighted by Crippen LogP contribution is -1.90. The number of nitrogens with zero attached hydrogens (tertiary/aromatic N) is 3. The molecule has 3 rings (SSSR count). The number of aromatic nitrogens is 2. The van der Waals surface area contributed by atoms with Crippen LogP contribution in [-0.2, 0) is 6.61 Å². The second kappa shape index (κ2) is 4.62. The Morgan fingerprint density at radius 3 is 2.63 bits per heavy atom. The molecule has 1 aromatic carbocycles. The van der Waals surface area contributed by atoms with Gasteiger partial charge in [0.15, 0.2) is 0 Å². The highest BCUT2D eigenvalue weighted by molar-refractivity contribution is 5.75. The molecule has 19 heavy (non-hydrogen) atoms. The van der Waals surface area contributed by atoms with Gasteiger partial charge < -0.3 is 5.11 Å². The lowest BCUT2D eigenvalue weighted by atomic mass is 10.1. The molecule has 0 amide bonds. The monoisotopic (exact) mass is 253 g/mol. The van der Waals surface area contributed by atoms with Crippen LogP contribution in [0.15, 0.2) is 53.8 Å². The first-order valence-corrected chi connectivity index (χ1v) is 5.84. The predicted molar refractivity (Wildman–Crippen MR) is 72.0 cm³/mol. The Bertz CT molecular complexity index is 735. The maximum absolute atomic E-state index is 11.1. The fraction of sp³-hybridized carbons (Fsp3) is 0.0714. The molecule has 0 bridgehead atoms. The normalized spacial score (nSPS) is 10.8. The zero-order valence-electron chi connectivity index (χ0n) is 10.0. The van der Waals surface area contributed by atoms with Crippen LogP contribution in [0.25, 0.3) is 16.9 Å². The number of imidazole rings is 1. The predicted octanol–water partition coefficient (Wildman–Crippen LogP) is 2.89. The molecular formula is C14H11N3O2. The van der Waals surface area contributed by atoms with Crippen molar-refractivity contribution in [3.8, 4) is 11.3 Å². The molecule has 0 saturated heterocycles. The molecule has 2 aromatic heterocycles. The fourth-order valence-corrected chi connectivity index (χ4v) is 2.11. The molecule has 94 valence electrons. The SMILES string of the molecule is O=Nc1c(-c2ccccc2)nc2c(CO)cccn12. The summed E-state index contributed by atoms with van der Waals surface area (Å²) < 4.78 is 1.60. The zero-order valence-corrected chi connectivity index (χ0v) is 10.0. The van der Waals surface area contributed by atoms with Crippen molar-refractivity contribution < 1.29 is 5.11 Å². The number of hydrogen-bond donors (Lipinski definition) is 1. The number of nitroso groups, excluding NO2 is 1. The van der Waals surface area contributed by atoms with Crippen LogP contribution >= 0.6 is 0 Å². The molecule has 2 heterocycles. The number of benzene rings is 1. The Morgan fingerprint density at radius 1 is 1.16 bits per heavy atom. The molecule has 5 nitrogen and oxygen atoms in total. The summed E-state index contributed by atoms with van der Waals surface area (Å²) in [4.78, 5) is 15.5. The van der Waals surface area contributed by atoms with Crippen molar-refractivity contribution in [2.75, 3.05) is 0 Å². The zero-order chi connectivity index (χ0) is 13.2. The summed E-state index contributed by atoms with van der Waals surface area (Å²) in [5.41, 5.74) is 2.56. The Kier molecular flexibility index (Phi) is 2.81. The summed E-state index contributed by atoms with van der Waals surface area (Å²) in [5, 5.41) is 12.4. The molecule has 0 aliphatic heterocycles. The van der Waals surface area contributed by atoms with Crippen LogP contribution < -0.4 is 0 Å². The van der Waals surface area contributed by atoms with Gasteiger partial charge in [0, 0.05) is 17.3 Å². The van der Waals surface area contributed by atoms with E-state index in [9.17, 15) is 10.0 Å². The highest BCUT2D eigenvalue weighted by atomic mass is 16.3. The first-order valence-electron chi connectivity index (χ1n) is 5.84. The Hall–Kier alpha value is -2.53. The van der Waals surface area contributed by atoms with Gasteiger partial charge in [0.25, 0.3) is 0 Å². The smallest absolute Gasteiger partial charge is 0.209 e. The van der Waals surface area contributed by atoms with Crippen molar-refractivity contribution in [1.29, 1.82) is 0 Å². The number of hydrogen-bond acceptors (Lipinski definition) is 4. The number of rotatable bonds is 3. The fourth-order valence-electron chi connectivity index (χ4n) is 2.11. The van der Waals surface area contributed by atoms with Crippen LogP contribution in [0.1, 0.15) is 5.56 Å². The molecule has 1 N–H and O–H groups in total. The second-order valence-corrected chi connectivity index (χ2v) is 4.13. The van der Waals surface area contributed by atoms with E-state index in [1.807, 2.05) is 30.3 Å². The number of aliphatic hydroxyl groups excluding tert-OH is 1. The molecule has 0 fully saturated rings. The first kappa shape index (κ1) is 11.6. The van der Waals surface area contributed by atoms with E-state index < -0.39 is 0 Å². The molecule has 5 heteroatoms. The third-order valence-electron chi connectivity index (χ3n) is 3.01. The van der Waals surface area contributed by atoms with E-state index in [-0.39, 0.29) is 12.4 Å². The molecule has 0 aliphatic carbocycles. The third-order valence-corrected chi connectivity index (χ3v) is 3.01. The van der Waals surface area contributed by atoms with Crippen molar-refractivity contribution in [2.45, 2.75) is 6.61 Å². The molecule has 0 unspecified atom stereocenters. The molecule has 3 aromatic rings.